The van der Waals surface area contributed by atoms with Crippen LogP contribution in [0.5, 0.6) is 0 Å². The molecule has 0 atom stereocenters. The SMILES string of the molecule is O=C1NCCCN1CC1=CCCCC1. The first kappa shape index (κ1) is 9.56. The van der Waals surface area contributed by atoms with Crippen molar-refractivity contribution < 1.29 is 4.79 Å². The summed E-state index contributed by atoms with van der Waals surface area (Å²) in [6.45, 7) is 2.61. The summed E-state index contributed by atoms with van der Waals surface area (Å²) >= 11 is 0. The van der Waals surface area contributed by atoms with Gasteiger partial charge in [-0.3, -0.25) is 0 Å². The fourth-order valence-electron chi connectivity index (χ4n) is 2.12. The third-order valence-electron chi connectivity index (χ3n) is 2.95. The Morgan fingerprint density at radius 2 is 2.29 bits per heavy atom. The van der Waals surface area contributed by atoms with Crippen LogP contribution in [0.4, 0.5) is 4.79 Å². The van der Waals surface area contributed by atoms with Gasteiger partial charge in [-0.05, 0) is 32.1 Å². The van der Waals surface area contributed by atoms with Crippen LogP contribution >= 0.6 is 0 Å². The standard InChI is InChI=1S/C11H18N2O/c14-11-12-7-4-8-13(11)9-10-5-2-1-3-6-10/h5H,1-4,6-9H2,(H,12,14). The van der Waals surface area contributed by atoms with Gasteiger partial charge >= 0.3 is 6.03 Å². The second-order valence-electron chi connectivity index (χ2n) is 4.12. The predicted molar refractivity (Wildman–Crippen MR) is 56.1 cm³/mol. The lowest BCUT2D eigenvalue weighted by atomic mass is 9.99. The Kier molecular flexibility index (Phi) is 3.07. The summed E-state index contributed by atoms with van der Waals surface area (Å²) < 4.78 is 0. The summed E-state index contributed by atoms with van der Waals surface area (Å²) in [6, 6.07) is 0.114. The molecule has 1 fully saturated rings. The number of amides is 2. The third-order valence-corrected chi connectivity index (χ3v) is 2.95. The Bertz CT molecular complexity index is 248. The number of allylic oxidation sites excluding steroid dienone is 1. The number of nitrogens with zero attached hydrogens (tertiary/aromatic N) is 1. The van der Waals surface area contributed by atoms with E-state index < -0.39 is 0 Å². The number of urea groups is 1. The number of hydrogen-bond donors (Lipinski definition) is 1. The lowest BCUT2D eigenvalue weighted by molar-refractivity contribution is 0.190. The van der Waals surface area contributed by atoms with Crippen molar-refractivity contribution in [2.75, 3.05) is 19.6 Å². The zero-order valence-corrected chi connectivity index (χ0v) is 8.59. The fraction of sp³-hybridized carbons (Fsp3) is 0.727. The summed E-state index contributed by atoms with van der Waals surface area (Å²) in [4.78, 5) is 13.4. The van der Waals surface area contributed by atoms with Crippen LogP contribution in [0.1, 0.15) is 32.1 Å². The Balaban J connectivity index is 1.88. The molecular weight excluding hydrogens is 176 g/mol. The van der Waals surface area contributed by atoms with Crippen molar-refractivity contribution >= 4 is 6.03 Å². The topological polar surface area (TPSA) is 32.3 Å². The van der Waals surface area contributed by atoms with Crippen LogP contribution < -0.4 is 5.32 Å². The van der Waals surface area contributed by atoms with Gasteiger partial charge in [-0.2, -0.15) is 0 Å². The molecule has 0 unspecified atom stereocenters. The van der Waals surface area contributed by atoms with Crippen LogP contribution in [0.25, 0.3) is 0 Å². The summed E-state index contributed by atoms with van der Waals surface area (Å²) in [5.74, 6) is 0. The lowest BCUT2D eigenvalue weighted by Crippen LogP contribution is -2.47. The van der Waals surface area contributed by atoms with E-state index in [4.69, 9.17) is 0 Å². The highest BCUT2D eigenvalue weighted by Gasteiger charge is 2.18. The molecule has 0 aromatic heterocycles. The number of carbonyl (C=O) groups is 1. The van der Waals surface area contributed by atoms with Crippen molar-refractivity contribution in [1.82, 2.24) is 10.2 Å². The maximum atomic E-state index is 11.5. The summed E-state index contributed by atoms with van der Waals surface area (Å²) in [6.07, 6.45) is 8.38. The minimum Gasteiger partial charge on any atom is -0.338 e. The Morgan fingerprint density at radius 1 is 1.36 bits per heavy atom. The average Bonchev–Trinajstić information content (AvgIpc) is 2.23. The van der Waals surface area contributed by atoms with E-state index in [9.17, 15) is 4.79 Å². The van der Waals surface area contributed by atoms with Gasteiger partial charge in [-0.1, -0.05) is 11.6 Å². The van der Waals surface area contributed by atoms with Gasteiger partial charge in [0, 0.05) is 19.6 Å². The molecule has 1 heterocycles. The number of rotatable bonds is 2. The van der Waals surface area contributed by atoms with Crippen LogP contribution in [-0.2, 0) is 0 Å². The molecule has 0 bridgehead atoms. The van der Waals surface area contributed by atoms with Crippen molar-refractivity contribution in [3.63, 3.8) is 0 Å². The van der Waals surface area contributed by atoms with Gasteiger partial charge in [-0.25, -0.2) is 4.79 Å². The molecule has 1 aliphatic heterocycles. The zero-order chi connectivity index (χ0) is 9.80. The molecule has 78 valence electrons. The Morgan fingerprint density at radius 3 is 3.00 bits per heavy atom. The molecule has 1 aliphatic carbocycles. The molecule has 1 saturated heterocycles. The van der Waals surface area contributed by atoms with Gasteiger partial charge in [0.1, 0.15) is 0 Å². The second kappa shape index (κ2) is 4.49. The first-order valence-corrected chi connectivity index (χ1v) is 5.57. The molecule has 2 rings (SSSR count). The Labute approximate surface area is 85.2 Å². The molecule has 14 heavy (non-hydrogen) atoms. The summed E-state index contributed by atoms with van der Waals surface area (Å²) in [5.41, 5.74) is 1.45. The minimum atomic E-state index is 0.114. The van der Waals surface area contributed by atoms with Gasteiger partial charge < -0.3 is 10.2 Å². The van der Waals surface area contributed by atoms with E-state index in [2.05, 4.69) is 11.4 Å². The Hall–Kier alpha value is -0.990. The molecular formula is C11H18N2O. The third kappa shape index (κ3) is 2.28. The predicted octanol–water partition coefficient (Wildman–Crippen LogP) is 1.90. The molecule has 3 nitrogen and oxygen atoms in total. The van der Waals surface area contributed by atoms with Gasteiger partial charge in [0.05, 0.1) is 0 Å². The molecule has 0 aromatic rings. The molecule has 2 amide bonds. The molecule has 2 aliphatic rings. The minimum absolute atomic E-state index is 0.114. The molecule has 0 radical (unpaired) electrons. The van der Waals surface area contributed by atoms with Crippen LogP contribution in [-0.4, -0.2) is 30.6 Å². The second-order valence-corrected chi connectivity index (χ2v) is 4.12. The average molecular weight is 194 g/mol. The molecule has 0 spiro atoms. The van der Waals surface area contributed by atoms with Crippen LogP contribution in [0.3, 0.4) is 0 Å². The van der Waals surface area contributed by atoms with Crippen molar-refractivity contribution in [2.24, 2.45) is 0 Å². The van der Waals surface area contributed by atoms with Crippen molar-refractivity contribution in [3.8, 4) is 0 Å². The molecule has 3 heteroatoms. The fourth-order valence-corrected chi connectivity index (χ4v) is 2.12. The van der Waals surface area contributed by atoms with E-state index >= 15 is 0 Å². The highest BCUT2D eigenvalue weighted by molar-refractivity contribution is 5.75. The smallest absolute Gasteiger partial charge is 0.317 e. The first-order valence-electron chi connectivity index (χ1n) is 5.57. The number of nitrogens with one attached hydrogen (secondary N) is 1. The van der Waals surface area contributed by atoms with E-state index in [-0.39, 0.29) is 6.03 Å². The van der Waals surface area contributed by atoms with Crippen LogP contribution in [0, 0.1) is 0 Å². The molecule has 0 aromatic carbocycles. The van der Waals surface area contributed by atoms with Gasteiger partial charge in [-0.15, -0.1) is 0 Å². The van der Waals surface area contributed by atoms with E-state index in [0.29, 0.717) is 0 Å². The highest BCUT2D eigenvalue weighted by atomic mass is 16.2. The summed E-state index contributed by atoms with van der Waals surface area (Å²) in [5, 5.41) is 2.88. The zero-order valence-electron chi connectivity index (χ0n) is 8.59. The number of carbonyl (C=O) groups excluding carboxylic acids is 1. The highest BCUT2D eigenvalue weighted by Crippen LogP contribution is 2.18. The summed E-state index contributed by atoms with van der Waals surface area (Å²) in [7, 11) is 0. The van der Waals surface area contributed by atoms with E-state index in [1.54, 1.807) is 0 Å². The maximum Gasteiger partial charge on any atom is 0.317 e. The van der Waals surface area contributed by atoms with Crippen LogP contribution in [0.2, 0.25) is 0 Å². The largest absolute Gasteiger partial charge is 0.338 e. The van der Waals surface area contributed by atoms with E-state index in [0.717, 1.165) is 26.1 Å². The monoisotopic (exact) mass is 194 g/mol. The maximum absolute atomic E-state index is 11.5. The first-order chi connectivity index (χ1) is 6.86. The van der Waals surface area contributed by atoms with Gasteiger partial charge in [0.25, 0.3) is 0 Å². The number of hydrogen-bond acceptors (Lipinski definition) is 1. The molecule has 1 N–H and O–H groups in total. The van der Waals surface area contributed by atoms with Gasteiger partial charge in [0.2, 0.25) is 0 Å². The van der Waals surface area contributed by atoms with Crippen LogP contribution in [0.15, 0.2) is 11.6 Å². The molecule has 0 saturated carbocycles. The lowest BCUT2D eigenvalue weighted by Gasteiger charge is -2.29. The quantitative estimate of drug-likeness (QED) is 0.669. The normalized spacial score (nSPS) is 23.0. The van der Waals surface area contributed by atoms with E-state index in [1.807, 2.05) is 4.90 Å². The van der Waals surface area contributed by atoms with Crippen molar-refractivity contribution in [2.45, 2.75) is 32.1 Å². The van der Waals surface area contributed by atoms with E-state index in [1.165, 1.54) is 31.3 Å². The van der Waals surface area contributed by atoms with Crippen molar-refractivity contribution in [1.29, 1.82) is 0 Å². The van der Waals surface area contributed by atoms with Gasteiger partial charge in [0.15, 0.2) is 0 Å². The van der Waals surface area contributed by atoms with Crippen molar-refractivity contribution in [3.05, 3.63) is 11.6 Å².